The van der Waals surface area contributed by atoms with Gasteiger partial charge in [-0.2, -0.15) is 0 Å². The van der Waals surface area contributed by atoms with Crippen LogP contribution in [0.1, 0.15) is 26.3 Å². The van der Waals surface area contributed by atoms with Crippen LogP contribution in [0.3, 0.4) is 0 Å². The van der Waals surface area contributed by atoms with E-state index in [1.807, 2.05) is 74.5 Å². The van der Waals surface area contributed by atoms with Crippen LogP contribution in [0.4, 0.5) is 0 Å². The fourth-order valence-corrected chi connectivity index (χ4v) is 4.11. The molecule has 0 bridgehead atoms. The van der Waals surface area contributed by atoms with Gasteiger partial charge in [-0.15, -0.1) is 0 Å². The van der Waals surface area contributed by atoms with E-state index in [0.717, 1.165) is 20.8 Å². The van der Waals surface area contributed by atoms with Crippen molar-refractivity contribution >= 4 is 38.5 Å². The van der Waals surface area contributed by atoms with E-state index < -0.39 is 6.04 Å². The van der Waals surface area contributed by atoms with Crippen LogP contribution in [0.2, 0.25) is 0 Å². The molecular weight excluding hydrogens is 484 g/mol. The maximum absolute atomic E-state index is 13.3. The standard InChI is InChI=1S/C26H29BrN2O4/c1-17(2)28-26(31)18(3)29(15-19-8-7-10-21(14-19)32-4)24(30)16-33-23-13-12-20-9-5-6-11-22(20)25(23)27/h5-14,17-18H,15-16H2,1-4H3,(H,28,31). The SMILES string of the molecule is COc1cccc(CN(C(=O)COc2ccc3ccccc3c2Br)C(C)C(=O)NC(C)C)c1. The van der Waals surface area contributed by atoms with E-state index >= 15 is 0 Å². The molecule has 0 aromatic heterocycles. The van der Waals surface area contributed by atoms with Crippen molar-refractivity contribution in [1.29, 1.82) is 0 Å². The molecule has 1 N–H and O–H groups in total. The van der Waals surface area contributed by atoms with E-state index in [0.29, 0.717) is 11.5 Å². The quantitative estimate of drug-likeness (QED) is 0.441. The molecule has 1 atom stereocenters. The molecule has 0 radical (unpaired) electrons. The van der Waals surface area contributed by atoms with Gasteiger partial charge >= 0.3 is 0 Å². The lowest BCUT2D eigenvalue weighted by Crippen LogP contribution is -2.50. The summed E-state index contributed by atoms with van der Waals surface area (Å²) in [4.78, 5) is 27.5. The second-order valence-corrected chi connectivity index (χ2v) is 8.89. The van der Waals surface area contributed by atoms with Gasteiger partial charge in [-0.25, -0.2) is 0 Å². The monoisotopic (exact) mass is 512 g/mol. The largest absolute Gasteiger partial charge is 0.497 e. The summed E-state index contributed by atoms with van der Waals surface area (Å²) in [6.07, 6.45) is 0. The normalized spacial score (nSPS) is 11.8. The van der Waals surface area contributed by atoms with E-state index in [1.54, 1.807) is 14.0 Å². The van der Waals surface area contributed by atoms with Gasteiger partial charge in [0.2, 0.25) is 5.91 Å². The van der Waals surface area contributed by atoms with E-state index in [-0.39, 0.29) is 31.0 Å². The fraction of sp³-hybridized carbons (Fsp3) is 0.308. The molecule has 0 spiro atoms. The number of amides is 2. The van der Waals surface area contributed by atoms with Crippen LogP contribution in [-0.2, 0) is 16.1 Å². The zero-order chi connectivity index (χ0) is 24.0. The minimum absolute atomic E-state index is 0.0291. The van der Waals surface area contributed by atoms with Gasteiger partial charge < -0.3 is 19.7 Å². The summed E-state index contributed by atoms with van der Waals surface area (Å²) >= 11 is 3.59. The number of fused-ring (bicyclic) bond motifs is 1. The minimum atomic E-state index is -0.672. The van der Waals surface area contributed by atoms with E-state index in [2.05, 4.69) is 21.2 Å². The Morgan fingerprint density at radius 1 is 1.03 bits per heavy atom. The van der Waals surface area contributed by atoms with Crippen molar-refractivity contribution in [3.63, 3.8) is 0 Å². The van der Waals surface area contributed by atoms with E-state index in [4.69, 9.17) is 9.47 Å². The highest BCUT2D eigenvalue weighted by molar-refractivity contribution is 9.10. The second-order valence-electron chi connectivity index (χ2n) is 8.10. The Morgan fingerprint density at radius 3 is 2.52 bits per heavy atom. The molecule has 174 valence electrons. The van der Waals surface area contributed by atoms with Crippen LogP contribution in [-0.4, -0.2) is 42.5 Å². The molecule has 3 rings (SSSR count). The second kappa shape index (κ2) is 11.2. The first-order valence-electron chi connectivity index (χ1n) is 10.8. The van der Waals surface area contributed by atoms with Gasteiger partial charge in [0, 0.05) is 12.6 Å². The van der Waals surface area contributed by atoms with Crippen LogP contribution in [0, 0.1) is 0 Å². The van der Waals surface area contributed by atoms with E-state index in [9.17, 15) is 9.59 Å². The molecule has 0 saturated carbocycles. The zero-order valence-electron chi connectivity index (χ0n) is 19.3. The highest BCUT2D eigenvalue weighted by Gasteiger charge is 2.27. The number of hydrogen-bond acceptors (Lipinski definition) is 4. The number of benzene rings is 3. The topological polar surface area (TPSA) is 67.9 Å². The molecule has 0 saturated heterocycles. The fourth-order valence-electron chi connectivity index (χ4n) is 3.50. The number of carbonyl (C=O) groups is 2. The Kier molecular flexibility index (Phi) is 8.33. The first-order chi connectivity index (χ1) is 15.8. The molecule has 0 aliphatic heterocycles. The summed E-state index contributed by atoms with van der Waals surface area (Å²) < 4.78 is 12.0. The molecular formula is C26H29BrN2O4. The molecule has 3 aromatic carbocycles. The number of halogens is 1. The first-order valence-corrected chi connectivity index (χ1v) is 11.6. The van der Waals surface area contributed by atoms with Crippen LogP contribution < -0.4 is 14.8 Å². The van der Waals surface area contributed by atoms with Crippen molar-refractivity contribution in [2.75, 3.05) is 13.7 Å². The van der Waals surface area contributed by atoms with Crippen LogP contribution in [0.15, 0.2) is 65.1 Å². The number of nitrogens with zero attached hydrogens (tertiary/aromatic N) is 1. The van der Waals surface area contributed by atoms with Crippen LogP contribution >= 0.6 is 15.9 Å². The van der Waals surface area contributed by atoms with Crippen LogP contribution in [0.5, 0.6) is 11.5 Å². The lowest BCUT2D eigenvalue weighted by atomic mass is 10.1. The van der Waals surface area contributed by atoms with Crippen molar-refractivity contribution in [1.82, 2.24) is 10.2 Å². The van der Waals surface area contributed by atoms with Gasteiger partial charge in [-0.05, 0) is 71.2 Å². The smallest absolute Gasteiger partial charge is 0.261 e. The molecule has 0 heterocycles. The third-order valence-corrected chi connectivity index (χ3v) is 6.08. The summed E-state index contributed by atoms with van der Waals surface area (Å²) in [6.45, 7) is 5.56. The van der Waals surface area contributed by atoms with Gasteiger partial charge in [0.05, 0.1) is 11.6 Å². The maximum atomic E-state index is 13.3. The number of nitrogens with one attached hydrogen (secondary N) is 1. The molecule has 33 heavy (non-hydrogen) atoms. The van der Waals surface area contributed by atoms with Crippen molar-refractivity contribution < 1.29 is 19.1 Å². The molecule has 2 amide bonds. The average Bonchev–Trinajstić information content (AvgIpc) is 2.81. The van der Waals surface area contributed by atoms with Gasteiger partial charge in [0.1, 0.15) is 17.5 Å². The molecule has 0 aliphatic carbocycles. The van der Waals surface area contributed by atoms with Crippen molar-refractivity contribution in [2.24, 2.45) is 0 Å². The lowest BCUT2D eigenvalue weighted by molar-refractivity contribution is -0.142. The number of hydrogen-bond donors (Lipinski definition) is 1. The summed E-state index contributed by atoms with van der Waals surface area (Å²) in [6, 6.07) is 18.5. The molecule has 0 fully saturated rings. The Labute approximate surface area is 203 Å². The van der Waals surface area contributed by atoms with Gasteiger partial charge in [-0.3, -0.25) is 9.59 Å². The Hall–Kier alpha value is -3.06. The van der Waals surface area contributed by atoms with Crippen molar-refractivity contribution in [3.8, 4) is 11.5 Å². The predicted molar refractivity (Wildman–Crippen MR) is 133 cm³/mol. The zero-order valence-corrected chi connectivity index (χ0v) is 20.9. The highest BCUT2D eigenvalue weighted by Crippen LogP contribution is 2.33. The average molecular weight is 513 g/mol. The van der Waals surface area contributed by atoms with E-state index in [1.165, 1.54) is 4.90 Å². The first kappa shape index (κ1) is 24.6. The lowest BCUT2D eigenvalue weighted by Gasteiger charge is -2.29. The number of methoxy groups -OCH3 is 1. The third kappa shape index (κ3) is 6.26. The number of ether oxygens (including phenoxy) is 2. The Bertz CT molecular complexity index is 1130. The highest BCUT2D eigenvalue weighted by atomic mass is 79.9. The number of rotatable bonds is 9. The minimum Gasteiger partial charge on any atom is -0.497 e. The maximum Gasteiger partial charge on any atom is 0.261 e. The van der Waals surface area contributed by atoms with Crippen molar-refractivity contribution in [2.45, 2.75) is 39.4 Å². The van der Waals surface area contributed by atoms with Crippen LogP contribution in [0.25, 0.3) is 10.8 Å². The predicted octanol–water partition coefficient (Wildman–Crippen LogP) is 4.93. The molecule has 7 heteroatoms. The summed E-state index contributed by atoms with van der Waals surface area (Å²) in [5.74, 6) is 0.760. The van der Waals surface area contributed by atoms with Gasteiger partial charge in [-0.1, -0.05) is 42.5 Å². The van der Waals surface area contributed by atoms with Gasteiger partial charge in [0.15, 0.2) is 6.61 Å². The summed E-state index contributed by atoms with van der Waals surface area (Å²) in [5.41, 5.74) is 0.860. The molecule has 1 unspecified atom stereocenters. The molecule has 0 aliphatic rings. The molecule has 6 nitrogen and oxygen atoms in total. The third-order valence-electron chi connectivity index (χ3n) is 5.26. The molecule has 3 aromatic rings. The van der Waals surface area contributed by atoms with Crippen molar-refractivity contribution in [3.05, 3.63) is 70.7 Å². The number of carbonyl (C=O) groups excluding carboxylic acids is 2. The summed E-state index contributed by atoms with van der Waals surface area (Å²) in [7, 11) is 1.59. The Morgan fingerprint density at radius 2 is 1.79 bits per heavy atom. The van der Waals surface area contributed by atoms with Gasteiger partial charge in [0.25, 0.3) is 5.91 Å². The summed E-state index contributed by atoms with van der Waals surface area (Å²) in [5, 5.41) is 4.95. The Balaban J connectivity index is 1.80.